The van der Waals surface area contributed by atoms with Crippen molar-refractivity contribution in [2.24, 2.45) is 0 Å². The minimum Gasteiger partial charge on any atom is -0.443 e. The van der Waals surface area contributed by atoms with Gasteiger partial charge in [-0.25, -0.2) is 14.2 Å². The third kappa shape index (κ3) is 6.55. The number of rotatable bonds is 4. The van der Waals surface area contributed by atoms with Crippen LogP contribution >= 0.6 is 0 Å². The number of nitrogens with zero attached hydrogens (tertiary/aromatic N) is 2. The molecular weight excluding hydrogens is 370 g/mol. The molecule has 1 heterocycles. The van der Waals surface area contributed by atoms with Gasteiger partial charge in [0.25, 0.3) is 0 Å². The van der Waals surface area contributed by atoms with Crippen LogP contribution in [0.25, 0.3) is 5.57 Å². The van der Waals surface area contributed by atoms with Gasteiger partial charge in [0.2, 0.25) is 0 Å². The molecule has 6 nitrogen and oxygen atoms in total. The Hall–Kier alpha value is -2.62. The molecule has 0 aliphatic rings. The first-order chi connectivity index (χ1) is 12.3. The molecule has 0 fully saturated rings. The molecule has 1 aromatic rings. The van der Waals surface area contributed by atoms with Gasteiger partial charge in [0.1, 0.15) is 11.4 Å². The molecule has 0 unspecified atom stereocenters. The van der Waals surface area contributed by atoms with E-state index in [0.717, 1.165) is 19.2 Å². The number of pyridine rings is 1. The minimum absolute atomic E-state index is 0.0796. The summed E-state index contributed by atoms with van der Waals surface area (Å²) < 4.78 is 58.8. The molecule has 0 atom stereocenters. The Morgan fingerprint density at radius 2 is 1.89 bits per heavy atom. The molecule has 2 N–H and O–H groups in total. The number of halogens is 4. The number of carbonyl (C=O) groups excluding carboxylic acids is 1. The SMILES string of the molecule is C/C(=C\C(F)=C/NO)c1ccc(N(C)C(=O)OC(C)(C)C)c(C(F)(F)F)n1. The number of allylic oxidation sites excluding steroid dienone is 3. The molecule has 0 radical (unpaired) electrons. The summed E-state index contributed by atoms with van der Waals surface area (Å²) in [6, 6.07) is 2.27. The van der Waals surface area contributed by atoms with Gasteiger partial charge in [-0.1, -0.05) is 0 Å². The molecule has 0 aromatic carbocycles. The van der Waals surface area contributed by atoms with Crippen LogP contribution in [-0.4, -0.2) is 28.9 Å². The van der Waals surface area contributed by atoms with Gasteiger partial charge in [-0.2, -0.15) is 13.2 Å². The smallest absolute Gasteiger partial charge is 0.435 e. The molecule has 0 saturated carbocycles. The van der Waals surface area contributed by atoms with E-state index in [4.69, 9.17) is 9.94 Å². The summed E-state index contributed by atoms with van der Waals surface area (Å²) in [6.07, 6.45) is -4.33. The lowest BCUT2D eigenvalue weighted by Crippen LogP contribution is -2.35. The first-order valence-corrected chi connectivity index (χ1v) is 7.75. The van der Waals surface area contributed by atoms with Crippen molar-refractivity contribution in [3.8, 4) is 0 Å². The maximum absolute atomic E-state index is 13.4. The lowest BCUT2D eigenvalue weighted by Gasteiger charge is -2.26. The van der Waals surface area contributed by atoms with Crippen LogP contribution in [0.5, 0.6) is 0 Å². The molecule has 0 aliphatic carbocycles. The maximum Gasteiger partial charge on any atom is 0.435 e. The number of nitrogens with one attached hydrogen (secondary N) is 1. The second-order valence-electron chi connectivity index (χ2n) is 6.59. The van der Waals surface area contributed by atoms with Crippen molar-refractivity contribution in [3.05, 3.63) is 41.6 Å². The van der Waals surface area contributed by atoms with Gasteiger partial charge in [0, 0.05) is 7.05 Å². The molecule has 0 saturated heterocycles. The lowest BCUT2D eigenvalue weighted by atomic mass is 10.1. The van der Waals surface area contributed by atoms with Gasteiger partial charge in [-0.3, -0.25) is 15.6 Å². The average Bonchev–Trinajstić information content (AvgIpc) is 2.51. The van der Waals surface area contributed by atoms with E-state index >= 15 is 0 Å². The number of carbonyl (C=O) groups is 1. The zero-order chi connectivity index (χ0) is 21.0. The summed E-state index contributed by atoms with van der Waals surface area (Å²) in [4.78, 5) is 16.3. The van der Waals surface area contributed by atoms with Crippen molar-refractivity contribution in [3.63, 3.8) is 0 Å². The van der Waals surface area contributed by atoms with Crippen molar-refractivity contribution in [1.82, 2.24) is 10.5 Å². The van der Waals surface area contributed by atoms with Gasteiger partial charge in [0.15, 0.2) is 5.69 Å². The Morgan fingerprint density at radius 1 is 1.30 bits per heavy atom. The molecule has 1 rings (SSSR count). The summed E-state index contributed by atoms with van der Waals surface area (Å²) in [5.74, 6) is -0.916. The number of hydroxylamine groups is 1. The van der Waals surface area contributed by atoms with Crippen LogP contribution in [0.4, 0.5) is 28.0 Å². The van der Waals surface area contributed by atoms with Crippen LogP contribution in [-0.2, 0) is 10.9 Å². The molecule has 0 spiro atoms. The molecule has 27 heavy (non-hydrogen) atoms. The molecule has 10 heteroatoms. The van der Waals surface area contributed by atoms with Gasteiger partial charge in [0.05, 0.1) is 17.6 Å². The van der Waals surface area contributed by atoms with Crippen LogP contribution < -0.4 is 10.4 Å². The molecule has 150 valence electrons. The van der Waals surface area contributed by atoms with Gasteiger partial charge in [-0.15, -0.1) is 0 Å². The summed E-state index contributed by atoms with van der Waals surface area (Å²) in [6.45, 7) is 6.11. The van der Waals surface area contributed by atoms with Gasteiger partial charge < -0.3 is 4.74 Å². The number of hydrogen-bond acceptors (Lipinski definition) is 5. The highest BCUT2D eigenvalue weighted by molar-refractivity contribution is 5.88. The minimum atomic E-state index is -4.86. The Bertz CT molecular complexity index is 753. The van der Waals surface area contributed by atoms with E-state index in [1.165, 1.54) is 18.5 Å². The average molecular weight is 391 g/mol. The van der Waals surface area contributed by atoms with E-state index in [-0.39, 0.29) is 11.3 Å². The Labute approximate surface area is 154 Å². The van der Waals surface area contributed by atoms with E-state index in [1.54, 1.807) is 20.8 Å². The Morgan fingerprint density at radius 3 is 2.37 bits per heavy atom. The predicted octanol–water partition coefficient (Wildman–Crippen LogP) is 4.66. The largest absolute Gasteiger partial charge is 0.443 e. The second-order valence-corrected chi connectivity index (χ2v) is 6.59. The number of ether oxygens (including phenoxy) is 1. The number of amides is 1. The summed E-state index contributed by atoms with van der Waals surface area (Å²) >= 11 is 0. The van der Waals surface area contributed by atoms with Crippen molar-refractivity contribution in [2.45, 2.75) is 39.5 Å². The van der Waals surface area contributed by atoms with Crippen molar-refractivity contribution >= 4 is 17.4 Å². The van der Waals surface area contributed by atoms with Crippen LogP contribution in [0.1, 0.15) is 39.1 Å². The van der Waals surface area contributed by atoms with Crippen molar-refractivity contribution in [1.29, 1.82) is 0 Å². The fraction of sp³-hybridized carbons (Fsp3) is 0.412. The highest BCUT2D eigenvalue weighted by Gasteiger charge is 2.38. The fourth-order valence-electron chi connectivity index (χ4n) is 1.96. The highest BCUT2D eigenvalue weighted by Crippen LogP contribution is 2.36. The first kappa shape index (κ1) is 22.4. The second kappa shape index (κ2) is 8.38. The summed E-state index contributed by atoms with van der Waals surface area (Å²) in [5.41, 5.74) is -1.29. The normalized spacial score (nSPS) is 13.4. The predicted molar refractivity (Wildman–Crippen MR) is 91.6 cm³/mol. The standard InChI is InChI=1S/C17H21F4N3O3/c1-10(8-11(18)9-22-26)12-6-7-13(14(23-12)17(19,20)21)24(5)15(25)27-16(2,3)4/h6-9,22,26H,1-5H3/b10-8+,11-9+. The number of alkyl halides is 3. The van der Waals surface area contributed by atoms with Gasteiger partial charge >= 0.3 is 12.3 Å². The molecule has 0 bridgehead atoms. The summed E-state index contributed by atoms with van der Waals surface area (Å²) in [5, 5.41) is 8.39. The van der Waals surface area contributed by atoms with E-state index in [1.807, 2.05) is 0 Å². The zero-order valence-corrected chi connectivity index (χ0v) is 15.5. The molecule has 1 aromatic heterocycles. The third-order valence-electron chi connectivity index (χ3n) is 3.13. The van der Waals surface area contributed by atoms with Crippen LogP contribution in [0.2, 0.25) is 0 Å². The van der Waals surface area contributed by atoms with Gasteiger partial charge in [-0.05, 0) is 51.5 Å². The number of anilines is 1. The number of hydrogen-bond donors (Lipinski definition) is 2. The third-order valence-corrected chi connectivity index (χ3v) is 3.13. The van der Waals surface area contributed by atoms with Crippen LogP contribution in [0.15, 0.2) is 30.2 Å². The fourth-order valence-corrected chi connectivity index (χ4v) is 1.96. The van der Waals surface area contributed by atoms with Crippen LogP contribution in [0.3, 0.4) is 0 Å². The van der Waals surface area contributed by atoms with Crippen LogP contribution in [0, 0.1) is 0 Å². The first-order valence-electron chi connectivity index (χ1n) is 7.75. The molecule has 0 aliphatic heterocycles. The van der Waals surface area contributed by atoms with Crippen molar-refractivity contribution in [2.75, 3.05) is 11.9 Å². The lowest BCUT2D eigenvalue weighted by molar-refractivity contribution is -0.140. The van der Waals surface area contributed by atoms with E-state index < -0.39 is 35.1 Å². The number of aromatic nitrogens is 1. The summed E-state index contributed by atoms with van der Waals surface area (Å²) in [7, 11) is 1.14. The van der Waals surface area contributed by atoms with E-state index in [2.05, 4.69) is 4.98 Å². The topological polar surface area (TPSA) is 74.7 Å². The van der Waals surface area contributed by atoms with Crippen molar-refractivity contribution < 1.29 is 32.3 Å². The zero-order valence-electron chi connectivity index (χ0n) is 15.5. The van der Waals surface area contributed by atoms with E-state index in [0.29, 0.717) is 11.1 Å². The molecular formula is C17H21F4N3O3. The van der Waals surface area contributed by atoms with E-state index in [9.17, 15) is 22.4 Å². The monoisotopic (exact) mass is 391 g/mol. The Kier molecular flexibility index (Phi) is 6.96. The maximum atomic E-state index is 13.4. The molecule has 1 amide bonds. The quantitative estimate of drug-likeness (QED) is 0.443. The highest BCUT2D eigenvalue weighted by atomic mass is 19.4. The Balaban J connectivity index is 3.37.